The molecule has 0 fully saturated rings. The fraction of sp³-hybridized carbons (Fsp3) is 0.471. The number of aliphatic hydroxyl groups is 1. The van der Waals surface area contributed by atoms with Crippen LogP contribution in [0.15, 0.2) is 35.9 Å². The first-order valence-corrected chi connectivity index (χ1v) is 7.22. The van der Waals surface area contributed by atoms with Crippen molar-refractivity contribution in [2.45, 2.75) is 45.4 Å². The number of carboxylic acid groups (broad SMARTS) is 1. The predicted octanol–water partition coefficient (Wildman–Crippen LogP) is 3.88. The average Bonchev–Trinajstić information content (AvgIpc) is 2.88. The molecule has 1 aliphatic carbocycles. The van der Waals surface area contributed by atoms with Gasteiger partial charge in [-0.05, 0) is 49.7 Å². The quantitative estimate of drug-likeness (QED) is 0.802. The third-order valence-corrected chi connectivity index (χ3v) is 3.34. The molecule has 0 saturated heterocycles. The van der Waals surface area contributed by atoms with Crippen molar-refractivity contribution in [3.63, 3.8) is 0 Å². The molecule has 1 aliphatic rings. The Morgan fingerprint density at radius 2 is 1.80 bits per heavy atom. The molecule has 2 N–H and O–H groups in total. The summed E-state index contributed by atoms with van der Waals surface area (Å²) in [5.74, 6) is -0.833. The molecule has 0 spiro atoms. The SMILES string of the molecule is CC(=O)O.OCCCCC1=C(c2ccccc2)CCC1. The number of carboxylic acids is 1. The van der Waals surface area contributed by atoms with Crippen LogP contribution in [0.4, 0.5) is 0 Å². The van der Waals surface area contributed by atoms with Gasteiger partial charge in [0, 0.05) is 13.5 Å². The number of aliphatic carboxylic acids is 1. The summed E-state index contributed by atoms with van der Waals surface area (Å²) < 4.78 is 0. The molecule has 110 valence electrons. The highest BCUT2D eigenvalue weighted by Crippen LogP contribution is 2.36. The van der Waals surface area contributed by atoms with E-state index in [9.17, 15) is 0 Å². The van der Waals surface area contributed by atoms with Crippen LogP contribution in [0.5, 0.6) is 0 Å². The van der Waals surface area contributed by atoms with Crippen LogP contribution in [0.1, 0.15) is 51.0 Å². The van der Waals surface area contributed by atoms with Gasteiger partial charge in [0.15, 0.2) is 0 Å². The standard InChI is InChI=1S/C15H20O.C2H4O2/c16-12-5-4-9-14-10-6-11-15(14)13-7-2-1-3-8-13;1-2(3)4/h1-3,7-8,16H,4-6,9-12H2;1H3,(H,3,4). The number of hydrogen-bond acceptors (Lipinski definition) is 2. The zero-order valence-electron chi connectivity index (χ0n) is 12.1. The summed E-state index contributed by atoms with van der Waals surface area (Å²) >= 11 is 0. The molecule has 3 nitrogen and oxygen atoms in total. The molecule has 2 rings (SSSR count). The first-order valence-electron chi connectivity index (χ1n) is 7.22. The monoisotopic (exact) mass is 276 g/mol. The van der Waals surface area contributed by atoms with Crippen LogP contribution in [-0.4, -0.2) is 22.8 Å². The predicted molar refractivity (Wildman–Crippen MR) is 81.5 cm³/mol. The van der Waals surface area contributed by atoms with Crippen molar-refractivity contribution in [3.8, 4) is 0 Å². The Labute approximate surface area is 121 Å². The van der Waals surface area contributed by atoms with E-state index in [1.165, 1.54) is 31.2 Å². The Morgan fingerprint density at radius 1 is 1.15 bits per heavy atom. The molecule has 0 heterocycles. The lowest BCUT2D eigenvalue weighted by molar-refractivity contribution is -0.134. The third-order valence-electron chi connectivity index (χ3n) is 3.34. The zero-order chi connectivity index (χ0) is 14.8. The highest BCUT2D eigenvalue weighted by molar-refractivity contribution is 5.70. The Bertz CT molecular complexity index is 431. The number of benzene rings is 1. The van der Waals surface area contributed by atoms with Gasteiger partial charge in [-0.2, -0.15) is 0 Å². The maximum Gasteiger partial charge on any atom is 0.300 e. The number of hydrogen-bond donors (Lipinski definition) is 2. The van der Waals surface area contributed by atoms with Gasteiger partial charge < -0.3 is 10.2 Å². The van der Waals surface area contributed by atoms with E-state index < -0.39 is 5.97 Å². The second-order valence-electron chi connectivity index (χ2n) is 5.00. The van der Waals surface area contributed by atoms with Crippen molar-refractivity contribution >= 4 is 11.5 Å². The molecule has 0 bridgehead atoms. The normalized spacial score (nSPS) is 13.9. The Balaban J connectivity index is 0.000000444. The second kappa shape index (κ2) is 9.32. The number of allylic oxidation sites excluding steroid dienone is 2. The van der Waals surface area contributed by atoms with E-state index in [1.54, 1.807) is 11.1 Å². The van der Waals surface area contributed by atoms with Crippen LogP contribution in [0.2, 0.25) is 0 Å². The summed E-state index contributed by atoms with van der Waals surface area (Å²) in [4.78, 5) is 9.00. The van der Waals surface area contributed by atoms with Gasteiger partial charge in [-0.15, -0.1) is 0 Å². The van der Waals surface area contributed by atoms with Gasteiger partial charge in [-0.1, -0.05) is 35.9 Å². The average molecular weight is 276 g/mol. The van der Waals surface area contributed by atoms with Crippen LogP contribution in [-0.2, 0) is 4.79 Å². The van der Waals surface area contributed by atoms with E-state index in [4.69, 9.17) is 15.0 Å². The number of unbranched alkanes of at least 4 members (excludes halogenated alkanes) is 1. The number of rotatable bonds is 5. The lowest BCUT2D eigenvalue weighted by Crippen LogP contribution is -1.88. The summed E-state index contributed by atoms with van der Waals surface area (Å²) in [6.07, 6.45) is 7.03. The van der Waals surface area contributed by atoms with Gasteiger partial charge in [0.25, 0.3) is 5.97 Å². The molecule has 0 atom stereocenters. The zero-order valence-corrected chi connectivity index (χ0v) is 12.1. The summed E-state index contributed by atoms with van der Waals surface area (Å²) in [6, 6.07) is 10.7. The molecular formula is C17H24O3. The van der Waals surface area contributed by atoms with E-state index >= 15 is 0 Å². The molecule has 1 aromatic carbocycles. The minimum Gasteiger partial charge on any atom is -0.481 e. The molecule has 20 heavy (non-hydrogen) atoms. The van der Waals surface area contributed by atoms with Crippen LogP contribution < -0.4 is 0 Å². The van der Waals surface area contributed by atoms with Gasteiger partial charge in [-0.3, -0.25) is 4.79 Å². The Hall–Kier alpha value is -1.61. The highest BCUT2D eigenvalue weighted by Gasteiger charge is 2.15. The Kier molecular flexibility index (Phi) is 7.66. The maximum absolute atomic E-state index is 9.00. The lowest BCUT2D eigenvalue weighted by Gasteiger charge is -2.07. The summed E-state index contributed by atoms with van der Waals surface area (Å²) in [5.41, 5.74) is 4.59. The summed E-state index contributed by atoms with van der Waals surface area (Å²) in [6.45, 7) is 1.41. The van der Waals surface area contributed by atoms with Crippen molar-refractivity contribution < 1.29 is 15.0 Å². The molecular weight excluding hydrogens is 252 g/mol. The van der Waals surface area contributed by atoms with Gasteiger partial charge in [0.1, 0.15) is 0 Å². The minimum absolute atomic E-state index is 0.327. The smallest absolute Gasteiger partial charge is 0.300 e. The molecule has 0 saturated carbocycles. The fourth-order valence-corrected chi connectivity index (χ4v) is 2.52. The first kappa shape index (κ1) is 16.4. The van der Waals surface area contributed by atoms with E-state index in [-0.39, 0.29) is 0 Å². The molecule has 0 aromatic heterocycles. The van der Waals surface area contributed by atoms with Gasteiger partial charge >= 0.3 is 0 Å². The van der Waals surface area contributed by atoms with Crippen molar-refractivity contribution in [2.24, 2.45) is 0 Å². The molecule has 1 aromatic rings. The first-order chi connectivity index (χ1) is 9.65. The molecule has 0 unspecified atom stereocenters. The van der Waals surface area contributed by atoms with E-state index in [1.807, 2.05) is 0 Å². The lowest BCUT2D eigenvalue weighted by atomic mass is 9.99. The van der Waals surface area contributed by atoms with Crippen LogP contribution >= 0.6 is 0 Å². The number of carbonyl (C=O) groups is 1. The summed E-state index contributed by atoms with van der Waals surface area (Å²) in [5, 5.41) is 16.2. The van der Waals surface area contributed by atoms with E-state index in [2.05, 4.69) is 30.3 Å². The number of aliphatic hydroxyl groups excluding tert-OH is 1. The molecule has 0 amide bonds. The van der Waals surface area contributed by atoms with Gasteiger partial charge in [0.05, 0.1) is 0 Å². The molecule has 0 aliphatic heterocycles. The van der Waals surface area contributed by atoms with Gasteiger partial charge in [-0.25, -0.2) is 0 Å². The minimum atomic E-state index is -0.833. The van der Waals surface area contributed by atoms with Crippen molar-refractivity contribution in [1.82, 2.24) is 0 Å². The van der Waals surface area contributed by atoms with E-state index in [0.29, 0.717) is 6.61 Å². The van der Waals surface area contributed by atoms with Crippen molar-refractivity contribution in [2.75, 3.05) is 6.61 Å². The Morgan fingerprint density at radius 3 is 2.40 bits per heavy atom. The van der Waals surface area contributed by atoms with Crippen molar-refractivity contribution in [3.05, 3.63) is 41.5 Å². The second-order valence-corrected chi connectivity index (χ2v) is 5.00. The highest BCUT2D eigenvalue weighted by atomic mass is 16.4. The van der Waals surface area contributed by atoms with Crippen LogP contribution in [0.3, 0.4) is 0 Å². The maximum atomic E-state index is 9.00. The van der Waals surface area contributed by atoms with E-state index in [0.717, 1.165) is 19.8 Å². The topological polar surface area (TPSA) is 57.5 Å². The van der Waals surface area contributed by atoms with Gasteiger partial charge in [0.2, 0.25) is 0 Å². The molecule has 3 heteroatoms. The van der Waals surface area contributed by atoms with Crippen molar-refractivity contribution in [1.29, 1.82) is 0 Å². The van der Waals surface area contributed by atoms with Crippen LogP contribution in [0.25, 0.3) is 5.57 Å². The molecule has 0 radical (unpaired) electrons. The summed E-state index contributed by atoms with van der Waals surface area (Å²) in [7, 11) is 0. The van der Waals surface area contributed by atoms with Crippen LogP contribution in [0, 0.1) is 0 Å². The largest absolute Gasteiger partial charge is 0.481 e. The third kappa shape index (κ3) is 6.02. The fourth-order valence-electron chi connectivity index (χ4n) is 2.52.